The maximum absolute atomic E-state index is 13.9. The zero-order valence-corrected chi connectivity index (χ0v) is 24.6. The lowest BCUT2D eigenvalue weighted by atomic mass is 10.0. The molecule has 0 radical (unpaired) electrons. The topological polar surface area (TPSA) is 89.4 Å². The average Bonchev–Trinajstić information content (AvgIpc) is 3.65. The van der Waals surface area contributed by atoms with Crippen molar-refractivity contribution in [2.24, 2.45) is 0 Å². The summed E-state index contributed by atoms with van der Waals surface area (Å²) < 4.78 is 53.5. The minimum Gasteiger partial charge on any atom is -0.475 e. The van der Waals surface area contributed by atoms with E-state index in [2.05, 4.69) is 36.7 Å². The summed E-state index contributed by atoms with van der Waals surface area (Å²) in [5.74, 6) is -1.07. The van der Waals surface area contributed by atoms with E-state index in [-0.39, 0.29) is 24.3 Å². The number of halogens is 3. The molecule has 2 N–H and O–H groups in total. The molecule has 0 saturated carbocycles. The molecule has 12 heteroatoms. The molecule has 44 heavy (non-hydrogen) atoms. The van der Waals surface area contributed by atoms with Crippen LogP contribution in [0.4, 0.5) is 36.2 Å². The van der Waals surface area contributed by atoms with Crippen LogP contribution in [-0.4, -0.2) is 64.1 Å². The summed E-state index contributed by atoms with van der Waals surface area (Å²) in [5, 5.41) is 10.2. The number of likely N-dealkylation sites (tertiary alicyclic amines) is 1. The highest BCUT2D eigenvalue weighted by atomic mass is 19.4. The number of pyridine rings is 1. The summed E-state index contributed by atoms with van der Waals surface area (Å²) in [6.45, 7) is 2.86. The van der Waals surface area contributed by atoms with E-state index in [0.29, 0.717) is 24.0 Å². The number of aryl methyl sites for hydroxylation is 2. The largest absolute Gasteiger partial charge is 0.475 e. The van der Waals surface area contributed by atoms with Gasteiger partial charge in [-0.2, -0.15) is 27.8 Å². The van der Waals surface area contributed by atoms with Gasteiger partial charge in [-0.3, -0.25) is 0 Å². The van der Waals surface area contributed by atoms with E-state index in [1.54, 1.807) is 19.2 Å². The smallest absolute Gasteiger partial charge is 0.453 e. The summed E-state index contributed by atoms with van der Waals surface area (Å²) in [7, 11) is 1.55. The van der Waals surface area contributed by atoms with Gasteiger partial charge < -0.3 is 25.0 Å². The van der Waals surface area contributed by atoms with Gasteiger partial charge >= 0.3 is 6.18 Å². The van der Waals surface area contributed by atoms with Gasteiger partial charge in [-0.25, -0.2) is 0 Å². The van der Waals surface area contributed by atoms with Crippen LogP contribution < -0.4 is 15.4 Å². The van der Waals surface area contributed by atoms with Crippen molar-refractivity contribution < 1.29 is 22.6 Å². The highest BCUT2D eigenvalue weighted by Gasteiger charge is 2.38. The van der Waals surface area contributed by atoms with E-state index in [1.807, 2.05) is 42.5 Å². The van der Waals surface area contributed by atoms with Gasteiger partial charge in [0.1, 0.15) is 6.61 Å². The first-order valence-electron chi connectivity index (χ1n) is 15.0. The molecule has 2 aliphatic rings. The summed E-state index contributed by atoms with van der Waals surface area (Å²) in [6.07, 6.45) is 1.87. The molecule has 232 valence electrons. The normalized spacial score (nSPS) is 17.2. The van der Waals surface area contributed by atoms with Gasteiger partial charge in [-0.05, 0) is 87.0 Å². The number of fused-ring (bicyclic) bond motifs is 1. The van der Waals surface area contributed by atoms with Gasteiger partial charge in [-0.1, -0.05) is 24.3 Å². The van der Waals surface area contributed by atoms with Crippen molar-refractivity contribution in [1.82, 2.24) is 24.6 Å². The third-order valence-electron chi connectivity index (χ3n) is 8.08. The van der Waals surface area contributed by atoms with Crippen LogP contribution in [-0.2, 0) is 23.8 Å². The monoisotopic (exact) mass is 607 g/mol. The summed E-state index contributed by atoms with van der Waals surface area (Å²) in [4.78, 5) is 10.9. The second kappa shape index (κ2) is 13.2. The van der Waals surface area contributed by atoms with Crippen molar-refractivity contribution in [3.05, 3.63) is 77.6 Å². The number of benzene rings is 2. The summed E-state index contributed by atoms with van der Waals surface area (Å²) >= 11 is 0. The molecule has 1 aliphatic heterocycles. The molecular weight excluding hydrogens is 571 g/mol. The van der Waals surface area contributed by atoms with Crippen LogP contribution in [0.15, 0.2) is 60.7 Å². The number of anilines is 4. The number of ether oxygens (including phenoxy) is 2. The highest BCUT2D eigenvalue weighted by molar-refractivity contribution is 5.64. The molecule has 2 aromatic carbocycles. The van der Waals surface area contributed by atoms with Gasteiger partial charge in [0.25, 0.3) is 5.82 Å². The third-order valence-corrected chi connectivity index (χ3v) is 8.08. The Morgan fingerprint density at radius 3 is 2.36 bits per heavy atom. The van der Waals surface area contributed by atoms with Crippen LogP contribution in [0.1, 0.15) is 42.6 Å². The first-order chi connectivity index (χ1) is 21.4. The zero-order valence-electron chi connectivity index (χ0n) is 24.6. The first-order valence-corrected chi connectivity index (χ1v) is 15.0. The van der Waals surface area contributed by atoms with E-state index in [1.165, 1.54) is 37.1 Å². The Labute approximate surface area is 254 Å². The Hall–Kier alpha value is -4.16. The van der Waals surface area contributed by atoms with Gasteiger partial charge in [0.2, 0.25) is 11.8 Å². The Morgan fingerprint density at radius 1 is 0.841 bits per heavy atom. The molecule has 2 aromatic heterocycles. The maximum Gasteiger partial charge on any atom is 0.453 e. The number of hydrogen-bond acceptors (Lipinski definition) is 8. The molecule has 3 heterocycles. The first kappa shape index (κ1) is 29.9. The second-order valence-corrected chi connectivity index (χ2v) is 11.1. The fourth-order valence-electron chi connectivity index (χ4n) is 5.91. The fraction of sp³-hybridized carbons (Fsp3) is 0.406. The molecule has 1 saturated heterocycles. The molecule has 0 spiro atoms. The Balaban J connectivity index is 1.31. The van der Waals surface area contributed by atoms with Crippen molar-refractivity contribution in [3.63, 3.8) is 0 Å². The molecule has 6 rings (SSSR count). The van der Waals surface area contributed by atoms with Crippen LogP contribution in [0.2, 0.25) is 0 Å². The second-order valence-electron chi connectivity index (χ2n) is 11.1. The summed E-state index contributed by atoms with van der Waals surface area (Å²) in [6, 6.07) is 19.2. The Morgan fingerprint density at radius 2 is 1.61 bits per heavy atom. The fourth-order valence-corrected chi connectivity index (χ4v) is 5.91. The predicted octanol–water partition coefficient (Wildman–Crippen LogP) is 6.54. The van der Waals surface area contributed by atoms with Gasteiger partial charge in [0, 0.05) is 42.3 Å². The van der Waals surface area contributed by atoms with Crippen molar-refractivity contribution in [3.8, 4) is 11.7 Å². The van der Waals surface area contributed by atoms with E-state index in [0.717, 1.165) is 36.1 Å². The third kappa shape index (κ3) is 7.13. The van der Waals surface area contributed by atoms with E-state index in [4.69, 9.17) is 9.47 Å². The van der Waals surface area contributed by atoms with Crippen LogP contribution in [0.3, 0.4) is 0 Å². The van der Waals surface area contributed by atoms with Crippen LogP contribution in [0.25, 0.3) is 5.82 Å². The van der Waals surface area contributed by atoms with E-state index < -0.39 is 12.0 Å². The lowest BCUT2D eigenvalue weighted by molar-refractivity contribution is -0.144. The quantitative estimate of drug-likeness (QED) is 0.155. The number of methoxy groups -OCH3 is 1. The number of rotatable bonds is 10. The minimum absolute atomic E-state index is 0.104. The zero-order chi connectivity index (χ0) is 30.5. The van der Waals surface area contributed by atoms with Crippen molar-refractivity contribution in [2.75, 3.05) is 44.0 Å². The van der Waals surface area contributed by atoms with Crippen molar-refractivity contribution >= 4 is 23.0 Å². The number of para-hydroxylation sites is 1. The highest BCUT2D eigenvalue weighted by Crippen LogP contribution is 2.33. The van der Waals surface area contributed by atoms with E-state index in [9.17, 15) is 13.2 Å². The number of alkyl halides is 3. The van der Waals surface area contributed by atoms with E-state index >= 15 is 0 Å². The predicted molar refractivity (Wildman–Crippen MR) is 162 cm³/mol. The standard InChI is InChI=1S/C32H36F3N7O2/c1-43-17-18-44-29-21-26(36-24-7-3-2-4-8-24)20-28(38-29)42-31(39-30(40-42)32(33,34)35)37-25-12-9-22-10-13-27(14-11-23(22)19-25)41-15-5-6-16-41/h2-4,7-9,12,19-21,27H,5-6,10-11,13-18H2,1H3,(H,36,38)(H,37,39,40). The molecule has 1 unspecified atom stereocenters. The molecule has 9 nitrogen and oxygen atoms in total. The van der Waals surface area contributed by atoms with Gasteiger partial charge in [0.15, 0.2) is 5.82 Å². The number of nitrogens with one attached hydrogen (secondary N) is 2. The molecule has 1 atom stereocenters. The molecular formula is C32H36F3N7O2. The Kier molecular flexibility index (Phi) is 8.99. The molecule has 0 amide bonds. The van der Waals surface area contributed by atoms with Crippen LogP contribution >= 0.6 is 0 Å². The van der Waals surface area contributed by atoms with Gasteiger partial charge in [0.05, 0.1) is 6.61 Å². The van der Waals surface area contributed by atoms with Crippen LogP contribution in [0.5, 0.6) is 5.88 Å². The summed E-state index contributed by atoms with van der Waals surface area (Å²) in [5.41, 5.74) is 4.48. The molecule has 1 fully saturated rings. The average molecular weight is 608 g/mol. The minimum atomic E-state index is -4.75. The lowest BCUT2D eigenvalue weighted by Gasteiger charge is -2.25. The Bertz CT molecular complexity index is 1560. The molecule has 4 aromatic rings. The molecule has 0 bridgehead atoms. The van der Waals surface area contributed by atoms with Gasteiger partial charge in [-0.15, -0.1) is 5.10 Å². The van der Waals surface area contributed by atoms with Crippen molar-refractivity contribution in [2.45, 2.75) is 50.7 Å². The van der Waals surface area contributed by atoms with Crippen LogP contribution in [0, 0.1) is 0 Å². The molecule has 1 aliphatic carbocycles. The SMILES string of the molecule is COCCOc1cc(Nc2ccccc2)cc(-n2nc(C(F)(F)F)nc2Nc2ccc3c(c2)CCC(N2CCCC2)CC3)n1. The van der Waals surface area contributed by atoms with Crippen molar-refractivity contribution in [1.29, 1.82) is 0 Å². The number of hydrogen-bond donors (Lipinski definition) is 2. The number of nitrogens with zero attached hydrogens (tertiary/aromatic N) is 5. The lowest BCUT2D eigenvalue weighted by Crippen LogP contribution is -2.32. The number of aromatic nitrogens is 4. The maximum atomic E-state index is 13.9.